The van der Waals surface area contributed by atoms with Gasteiger partial charge in [-0.1, -0.05) is 13.8 Å². The molecule has 1 aliphatic rings. The maximum atomic E-state index is 12.1. The van der Waals surface area contributed by atoms with Crippen LogP contribution in [0, 0.1) is 12.3 Å². The predicted molar refractivity (Wildman–Crippen MR) is 67.9 cm³/mol. The van der Waals surface area contributed by atoms with Crippen LogP contribution in [0.1, 0.15) is 48.4 Å². The molecular weight excluding hydrogens is 230 g/mol. The van der Waals surface area contributed by atoms with Crippen molar-refractivity contribution in [3.63, 3.8) is 0 Å². The lowest BCUT2D eigenvalue weighted by atomic mass is 9.76. The maximum Gasteiger partial charge on any atom is 0.305 e. The van der Waals surface area contributed by atoms with Crippen molar-refractivity contribution in [2.24, 2.45) is 5.41 Å². The van der Waals surface area contributed by atoms with Gasteiger partial charge in [0.2, 0.25) is 0 Å². The Morgan fingerprint density at radius 3 is 2.72 bits per heavy atom. The summed E-state index contributed by atoms with van der Waals surface area (Å²) in [5.41, 5.74) is 2.75. The molecular formula is C14H19NO3. The normalized spacial score (nSPS) is 17.6. The summed E-state index contributed by atoms with van der Waals surface area (Å²) in [6.45, 7) is 6.54. The van der Waals surface area contributed by atoms with E-state index < -0.39 is 5.97 Å². The molecule has 18 heavy (non-hydrogen) atoms. The smallest absolute Gasteiger partial charge is 0.305 e. The van der Waals surface area contributed by atoms with Gasteiger partial charge in [-0.25, -0.2) is 0 Å². The Balaban J connectivity index is 2.38. The Morgan fingerprint density at radius 2 is 2.11 bits per heavy atom. The van der Waals surface area contributed by atoms with E-state index in [9.17, 15) is 9.59 Å². The van der Waals surface area contributed by atoms with E-state index in [4.69, 9.17) is 5.11 Å². The van der Waals surface area contributed by atoms with Crippen LogP contribution < -0.4 is 0 Å². The summed E-state index contributed by atoms with van der Waals surface area (Å²) in [6, 6.07) is 1.90. The second-order valence-electron chi connectivity index (χ2n) is 5.88. The molecule has 0 spiro atoms. The number of aromatic nitrogens is 1. The van der Waals surface area contributed by atoms with Crippen molar-refractivity contribution in [1.29, 1.82) is 0 Å². The third-order valence-electron chi connectivity index (χ3n) is 3.55. The highest BCUT2D eigenvalue weighted by molar-refractivity contribution is 5.99. The molecule has 1 aromatic heterocycles. The lowest BCUT2D eigenvalue weighted by Gasteiger charge is -2.29. The zero-order chi connectivity index (χ0) is 13.5. The summed E-state index contributed by atoms with van der Waals surface area (Å²) < 4.78 is 1.99. The standard InChI is InChI=1S/C14H19NO3/c1-9-6-10-11(15(9)5-4-13(17)18)7-14(2,3)8-12(10)16/h6H,4-5,7-8H2,1-3H3,(H,17,18). The van der Waals surface area contributed by atoms with Crippen LogP contribution in [0.3, 0.4) is 0 Å². The van der Waals surface area contributed by atoms with Gasteiger partial charge in [-0.05, 0) is 24.8 Å². The number of nitrogens with zero attached hydrogens (tertiary/aromatic N) is 1. The first-order chi connectivity index (χ1) is 8.30. The molecule has 1 N–H and O–H groups in total. The summed E-state index contributed by atoms with van der Waals surface area (Å²) in [4.78, 5) is 22.8. The van der Waals surface area contributed by atoms with Crippen molar-refractivity contribution in [3.8, 4) is 0 Å². The van der Waals surface area contributed by atoms with Gasteiger partial charge >= 0.3 is 5.97 Å². The quantitative estimate of drug-likeness (QED) is 0.895. The highest BCUT2D eigenvalue weighted by Gasteiger charge is 2.33. The van der Waals surface area contributed by atoms with Crippen LogP contribution in [0.15, 0.2) is 6.07 Å². The van der Waals surface area contributed by atoms with E-state index in [0.717, 1.165) is 23.4 Å². The average Bonchev–Trinajstić information content (AvgIpc) is 2.50. The minimum atomic E-state index is -0.807. The third kappa shape index (κ3) is 2.33. The van der Waals surface area contributed by atoms with Gasteiger partial charge in [0.15, 0.2) is 5.78 Å². The SMILES string of the molecule is Cc1cc2c(n1CCC(=O)O)CC(C)(C)CC2=O. The van der Waals surface area contributed by atoms with Crippen molar-refractivity contribution in [2.45, 2.75) is 46.6 Å². The Hall–Kier alpha value is -1.58. The minimum absolute atomic E-state index is 0.0319. The van der Waals surface area contributed by atoms with Crippen LogP contribution >= 0.6 is 0 Å². The van der Waals surface area contributed by atoms with E-state index in [2.05, 4.69) is 13.8 Å². The minimum Gasteiger partial charge on any atom is -0.481 e. The largest absolute Gasteiger partial charge is 0.481 e. The Kier molecular flexibility index (Phi) is 3.05. The Morgan fingerprint density at radius 1 is 1.44 bits per heavy atom. The lowest BCUT2D eigenvalue weighted by molar-refractivity contribution is -0.137. The molecule has 0 bridgehead atoms. The van der Waals surface area contributed by atoms with Crippen molar-refractivity contribution < 1.29 is 14.7 Å². The van der Waals surface area contributed by atoms with E-state index in [-0.39, 0.29) is 17.6 Å². The second-order valence-corrected chi connectivity index (χ2v) is 5.88. The number of hydrogen-bond donors (Lipinski definition) is 1. The molecule has 1 aliphatic carbocycles. The van der Waals surface area contributed by atoms with Crippen molar-refractivity contribution >= 4 is 11.8 Å². The fraction of sp³-hybridized carbons (Fsp3) is 0.571. The number of carboxylic acid groups (broad SMARTS) is 1. The van der Waals surface area contributed by atoms with Crippen LogP contribution in [0.4, 0.5) is 0 Å². The molecule has 0 saturated heterocycles. The second kappa shape index (κ2) is 4.26. The molecule has 0 radical (unpaired) electrons. The summed E-state index contributed by atoms with van der Waals surface area (Å²) in [5.74, 6) is -0.628. The number of Topliss-reactive ketones (excluding diaryl/α,β-unsaturated/α-hetero) is 1. The average molecular weight is 249 g/mol. The zero-order valence-corrected chi connectivity index (χ0v) is 11.1. The Labute approximate surface area is 107 Å². The summed E-state index contributed by atoms with van der Waals surface area (Å²) >= 11 is 0. The van der Waals surface area contributed by atoms with Crippen LogP contribution in [0.2, 0.25) is 0 Å². The number of carboxylic acids is 1. The number of carbonyl (C=O) groups excluding carboxylic acids is 1. The number of carbonyl (C=O) groups is 2. The third-order valence-corrected chi connectivity index (χ3v) is 3.55. The molecule has 0 aliphatic heterocycles. The monoisotopic (exact) mass is 249 g/mol. The molecule has 2 rings (SSSR count). The van der Waals surface area contributed by atoms with Gasteiger partial charge in [0, 0.05) is 29.9 Å². The molecule has 0 unspecified atom stereocenters. The van der Waals surface area contributed by atoms with E-state index >= 15 is 0 Å². The summed E-state index contributed by atoms with van der Waals surface area (Å²) in [7, 11) is 0. The fourth-order valence-electron chi connectivity index (χ4n) is 2.72. The number of rotatable bonds is 3. The van der Waals surface area contributed by atoms with Gasteiger partial charge in [-0.15, -0.1) is 0 Å². The van der Waals surface area contributed by atoms with Crippen LogP contribution in [-0.2, 0) is 17.8 Å². The van der Waals surface area contributed by atoms with Crippen molar-refractivity contribution in [1.82, 2.24) is 4.57 Å². The number of aliphatic carboxylic acids is 1. The van der Waals surface area contributed by atoms with Gasteiger partial charge in [-0.2, -0.15) is 0 Å². The predicted octanol–water partition coefficient (Wildman–Crippen LogP) is 2.43. The topological polar surface area (TPSA) is 59.3 Å². The first kappa shape index (κ1) is 12.9. The molecule has 0 fully saturated rings. The highest BCUT2D eigenvalue weighted by Crippen LogP contribution is 2.36. The van der Waals surface area contributed by atoms with Crippen LogP contribution in [0.25, 0.3) is 0 Å². The molecule has 0 aromatic carbocycles. The summed E-state index contributed by atoms with van der Waals surface area (Å²) in [5, 5.41) is 8.78. The summed E-state index contributed by atoms with van der Waals surface area (Å²) in [6.07, 6.45) is 1.50. The molecule has 1 heterocycles. The van der Waals surface area contributed by atoms with Crippen molar-refractivity contribution in [3.05, 3.63) is 23.0 Å². The van der Waals surface area contributed by atoms with Gasteiger partial charge in [0.05, 0.1) is 6.42 Å². The Bertz CT molecular complexity index is 511. The fourth-order valence-corrected chi connectivity index (χ4v) is 2.72. The first-order valence-electron chi connectivity index (χ1n) is 6.24. The highest BCUT2D eigenvalue weighted by atomic mass is 16.4. The van der Waals surface area contributed by atoms with E-state index in [0.29, 0.717) is 13.0 Å². The van der Waals surface area contributed by atoms with Gasteiger partial charge in [0.1, 0.15) is 0 Å². The number of hydrogen-bond acceptors (Lipinski definition) is 2. The lowest BCUT2D eigenvalue weighted by Crippen LogP contribution is -2.28. The molecule has 0 amide bonds. The van der Waals surface area contributed by atoms with Crippen LogP contribution in [-0.4, -0.2) is 21.4 Å². The van der Waals surface area contributed by atoms with E-state index in [1.807, 2.05) is 17.6 Å². The molecule has 98 valence electrons. The molecule has 0 saturated carbocycles. The van der Waals surface area contributed by atoms with Gasteiger partial charge in [-0.3, -0.25) is 9.59 Å². The molecule has 1 aromatic rings. The zero-order valence-electron chi connectivity index (χ0n) is 11.1. The van der Waals surface area contributed by atoms with E-state index in [1.165, 1.54) is 0 Å². The van der Waals surface area contributed by atoms with Crippen molar-refractivity contribution in [2.75, 3.05) is 0 Å². The first-order valence-corrected chi connectivity index (χ1v) is 6.24. The molecule has 4 nitrogen and oxygen atoms in total. The van der Waals surface area contributed by atoms with E-state index in [1.54, 1.807) is 0 Å². The number of fused-ring (bicyclic) bond motifs is 1. The molecule has 0 atom stereocenters. The van der Waals surface area contributed by atoms with Crippen LogP contribution in [0.5, 0.6) is 0 Å². The number of aryl methyl sites for hydroxylation is 1. The van der Waals surface area contributed by atoms with Gasteiger partial charge in [0.25, 0.3) is 0 Å². The van der Waals surface area contributed by atoms with Gasteiger partial charge < -0.3 is 9.67 Å². The molecule has 4 heteroatoms. The number of ketones is 1. The maximum absolute atomic E-state index is 12.1.